The maximum absolute atomic E-state index is 13.8. The molecule has 4 aromatic rings. The minimum Gasteiger partial charge on any atom is -0.361 e. The molecule has 0 saturated carbocycles. The summed E-state index contributed by atoms with van der Waals surface area (Å²) in [5.41, 5.74) is 3.45. The van der Waals surface area contributed by atoms with Crippen molar-refractivity contribution in [2.45, 2.75) is 71.1 Å². The first-order valence-electron chi connectivity index (χ1n) is 17.3. The van der Waals surface area contributed by atoms with E-state index >= 15 is 0 Å². The molecule has 11 nitrogen and oxygen atoms in total. The summed E-state index contributed by atoms with van der Waals surface area (Å²) in [5.74, 6) is -1.84. The molecule has 3 heterocycles. The molecule has 0 spiro atoms. The van der Waals surface area contributed by atoms with Gasteiger partial charge in [0.1, 0.15) is 18.1 Å². The lowest BCUT2D eigenvalue weighted by molar-refractivity contribution is -0.132. The number of hydrogen-bond donors (Lipinski definition) is 5. The van der Waals surface area contributed by atoms with Crippen LogP contribution in [0.3, 0.4) is 0 Å². The third kappa shape index (κ3) is 9.58. The van der Waals surface area contributed by atoms with E-state index < -0.39 is 35.8 Å². The number of nitrogens with one attached hydrogen (secondary N) is 5. The first-order valence-corrected chi connectivity index (χ1v) is 17.3. The van der Waals surface area contributed by atoms with Crippen LogP contribution < -0.4 is 21.3 Å². The van der Waals surface area contributed by atoms with Gasteiger partial charge in [-0.3, -0.25) is 24.0 Å². The van der Waals surface area contributed by atoms with Crippen molar-refractivity contribution in [1.29, 1.82) is 0 Å². The van der Waals surface area contributed by atoms with Gasteiger partial charge in [-0.05, 0) is 78.9 Å². The Morgan fingerprint density at radius 1 is 0.820 bits per heavy atom. The Balaban J connectivity index is 1.41. The topological polar surface area (TPSA) is 152 Å². The quantitative estimate of drug-likeness (QED) is 0.201. The van der Waals surface area contributed by atoms with Crippen molar-refractivity contribution >= 4 is 40.4 Å². The molecule has 5 N–H and O–H groups in total. The molecule has 0 unspecified atom stereocenters. The highest BCUT2D eigenvalue weighted by atomic mass is 16.2. The largest absolute Gasteiger partial charge is 0.361 e. The zero-order chi connectivity index (χ0) is 35.6. The van der Waals surface area contributed by atoms with Crippen LogP contribution in [0.1, 0.15) is 71.9 Å². The fourth-order valence-corrected chi connectivity index (χ4v) is 6.05. The van der Waals surface area contributed by atoms with Crippen molar-refractivity contribution < 1.29 is 24.0 Å². The monoisotopic (exact) mass is 678 g/mol. The van der Waals surface area contributed by atoms with E-state index in [1.165, 1.54) is 0 Å². The van der Waals surface area contributed by atoms with Gasteiger partial charge in [0.25, 0.3) is 11.8 Å². The molecule has 11 heteroatoms. The predicted octanol–water partition coefficient (Wildman–Crippen LogP) is 4.10. The molecule has 6 rings (SSSR count). The standard InChI is InChI=1S/C39H46N6O5/c1-25(2)21-33-37(48)42-26(3)35(46)41-18-7-8-20-45(39(50)31-16-15-29-17-19-40-32(29)23-31)24-28-11-13-30(14-12-28)36(47)43-34(38(49)44-33)22-27-9-5-4-6-10-27/h4-6,9-17,19,23,25-26,33-34,40H,7-8,18,20-22,24H2,1-3H3,(H,41,46)(H,42,48)(H,43,47)(H,44,49)/t26-,33+,34-/m1/s1. The summed E-state index contributed by atoms with van der Waals surface area (Å²) in [4.78, 5) is 72.4. The van der Waals surface area contributed by atoms with Crippen LogP contribution in [0.25, 0.3) is 10.9 Å². The van der Waals surface area contributed by atoms with E-state index in [4.69, 9.17) is 0 Å². The molecular formula is C39H46N6O5. The van der Waals surface area contributed by atoms with Gasteiger partial charge in [-0.2, -0.15) is 0 Å². The summed E-state index contributed by atoms with van der Waals surface area (Å²) in [6.07, 6.45) is 3.62. The van der Waals surface area contributed by atoms with E-state index in [9.17, 15) is 24.0 Å². The summed E-state index contributed by atoms with van der Waals surface area (Å²) in [6.45, 7) is 6.60. The zero-order valence-electron chi connectivity index (χ0n) is 28.8. The molecule has 262 valence electrons. The van der Waals surface area contributed by atoms with E-state index in [-0.39, 0.29) is 24.2 Å². The summed E-state index contributed by atoms with van der Waals surface area (Å²) < 4.78 is 0. The lowest BCUT2D eigenvalue weighted by Gasteiger charge is -2.25. The average molecular weight is 679 g/mol. The SMILES string of the molecule is CC(C)C[C@@H]1NC(=O)[C@@H](Cc2ccccc2)NC(=O)c2ccc(cc2)CN(C(=O)c2ccc3cc[nH]c3c2)CCCCNC(=O)[C@@H](C)NC1=O. The number of aromatic nitrogens is 1. The number of amides is 5. The van der Waals surface area contributed by atoms with E-state index in [1.807, 2.05) is 86.8 Å². The first kappa shape index (κ1) is 35.8. The fourth-order valence-electron chi connectivity index (χ4n) is 6.05. The van der Waals surface area contributed by atoms with Gasteiger partial charge in [-0.25, -0.2) is 0 Å². The lowest BCUT2D eigenvalue weighted by Crippen LogP contribution is -2.57. The van der Waals surface area contributed by atoms with Gasteiger partial charge in [0.2, 0.25) is 17.7 Å². The van der Waals surface area contributed by atoms with Crippen LogP contribution in [0.2, 0.25) is 0 Å². The summed E-state index contributed by atoms with van der Waals surface area (Å²) in [7, 11) is 0. The lowest BCUT2D eigenvalue weighted by atomic mass is 10.0. The zero-order valence-corrected chi connectivity index (χ0v) is 28.8. The van der Waals surface area contributed by atoms with Crippen molar-refractivity contribution in [3.8, 4) is 0 Å². The van der Waals surface area contributed by atoms with E-state index in [1.54, 1.807) is 24.0 Å². The predicted molar refractivity (Wildman–Crippen MR) is 192 cm³/mol. The third-order valence-electron chi connectivity index (χ3n) is 8.83. The normalized spacial score (nSPS) is 20.1. The minimum absolute atomic E-state index is 0.0631. The van der Waals surface area contributed by atoms with Crippen molar-refractivity contribution in [1.82, 2.24) is 31.2 Å². The Bertz CT molecular complexity index is 1800. The second-order valence-electron chi connectivity index (χ2n) is 13.3. The summed E-state index contributed by atoms with van der Waals surface area (Å²) >= 11 is 0. The molecule has 0 fully saturated rings. The van der Waals surface area contributed by atoms with Gasteiger partial charge in [-0.15, -0.1) is 0 Å². The Kier molecular flexibility index (Phi) is 12.0. The maximum Gasteiger partial charge on any atom is 0.254 e. The average Bonchev–Trinajstić information content (AvgIpc) is 3.58. The fraction of sp³-hybridized carbons (Fsp3) is 0.359. The molecule has 3 aromatic carbocycles. The molecule has 50 heavy (non-hydrogen) atoms. The van der Waals surface area contributed by atoms with Crippen LogP contribution in [-0.4, -0.2) is 70.6 Å². The number of carbonyl (C=O) groups is 5. The molecule has 0 saturated heterocycles. The number of hydrogen-bond acceptors (Lipinski definition) is 5. The summed E-state index contributed by atoms with van der Waals surface area (Å²) in [6, 6.07) is 21.1. The van der Waals surface area contributed by atoms with E-state index in [2.05, 4.69) is 26.3 Å². The van der Waals surface area contributed by atoms with Gasteiger partial charge in [-0.1, -0.05) is 62.4 Å². The van der Waals surface area contributed by atoms with Gasteiger partial charge in [0.15, 0.2) is 0 Å². The molecule has 5 amide bonds. The molecular weight excluding hydrogens is 632 g/mol. The highest BCUT2D eigenvalue weighted by molar-refractivity contribution is 5.99. The van der Waals surface area contributed by atoms with Crippen molar-refractivity contribution in [3.63, 3.8) is 0 Å². The molecule has 2 aliphatic rings. The second kappa shape index (κ2) is 16.8. The number of H-pyrrole nitrogens is 1. The van der Waals surface area contributed by atoms with Gasteiger partial charge in [0.05, 0.1) is 0 Å². The number of rotatable bonds is 5. The molecule has 0 aliphatic carbocycles. The Labute approximate surface area is 292 Å². The van der Waals surface area contributed by atoms with Gasteiger partial charge < -0.3 is 31.2 Å². The first-order chi connectivity index (χ1) is 24.1. The van der Waals surface area contributed by atoms with Crippen LogP contribution in [0.15, 0.2) is 85.1 Å². The number of nitrogens with zero attached hydrogens (tertiary/aromatic N) is 1. The van der Waals surface area contributed by atoms with Crippen LogP contribution >= 0.6 is 0 Å². The van der Waals surface area contributed by atoms with Crippen LogP contribution in [-0.2, 0) is 27.3 Å². The second-order valence-corrected chi connectivity index (χ2v) is 13.3. The van der Waals surface area contributed by atoms with E-state index in [0.29, 0.717) is 50.0 Å². The number of fused-ring (bicyclic) bond motifs is 19. The molecule has 2 aliphatic heterocycles. The van der Waals surface area contributed by atoms with Crippen molar-refractivity contribution in [2.24, 2.45) is 5.92 Å². The van der Waals surface area contributed by atoms with Gasteiger partial charge in [0, 0.05) is 48.9 Å². The maximum atomic E-state index is 13.8. The molecule has 1 aromatic heterocycles. The Morgan fingerprint density at radius 3 is 2.30 bits per heavy atom. The molecule has 3 atom stereocenters. The number of benzene rings is 3. The van der Waals surface area contributed by atoms with Gasteiger partial charge >= 0.3 is 0 Å². The Hall–Kier alpha value is -5.45. The molecule has 2 bridgehead atoms. The minimum atomic E-state index is -0.980. The van der Waals surface area contributed by atoms with Crippen LogP contribution in [0.5, 0.6) is 0 Å². The smallest absolute Gasteiger partial charge is 0.254 e. The third-order valence-corrected chi connectivity index (χ3v) is 8.83. The molecule has 0 radical (unpaired) electrons. The number of carbonyl (C=O) groups excluding carboxylic acids is 5. The van der Waals surface area contributed by atoms with Crippen molar-refractivity contribution in [3.05, 3.63) is 107 Å². The van der Waals surface area contributed by atoms with Crippen LogP contribution in [0, 0.1) is 5.92 Å². The summed E-state index contributed by atoms with van der Waals surface area (Å²) in [5, 5.41) is 12.4. The Morgan fingerprint density at radius 2 is 1.56 bits per heavy atom. The highest BCUT2D eigenvalue weighted by Crippen LogP contribution is 2.18. The van der Waals surface area contributed by atoms with Crippen LogP contribution in [0.4, 0.5) is 0 Å². The van der Waals surface area contributed by atoms with Crippen molar-refractivity contribution in [2.75, 3.05) is 13.1 Å². The van der Waals surface area contributed by atoms with E-state index in [0.717, 1.165) is 22.0 Å². The highest BCUT2D eigenvalue weighted by Gasteiger charge is 2.29. The number of aromatic amines is 1.